The van der Waals surface area contributed by atoms with E-state index in [1.807, 2.05) is 12.3 Å². The van der Waals surface area contributed by atoms with Crippen LogP contribution in [0.15, 0.2) is 5.38 Å². The summed E-state index contributed by atoms with van der Waals surface area (Å²) in [7, 11) is 0. The quantitative estimate of drug-likeness (QED) is 0.740. The fourth-order valence-electron chi connectivity index (χ4n) is 2.34. The number of rotatable bonds is 7. The predicted molar refractivity (Wildman–Crippen MR) is 84.6 cm³/mol. The van der Waals surface area contributed by atoms with E-state index in [1.165, 1.54) is 11.3 Å². The lowest BCUT2D eigenvalue weighted by Gasteiger charge is -2.31. The van der Waals surface area contributed by atoms with Crippen molar-refractivity contribution in [3.05, 3.63) is 11.1 Å². The predicted octanol–water partition coefficient (Wildman–Crippen LogP) is 1.22. The molecule has 0 radical (unpaired) electrons. The van der Waals surface area contributed by atoms with Crippen molar-refractivity contribution in [3.8, 4) is 0 Å². The number of anilines is 1. The van der Waals surface area contributed by atoms with Crippen molar-refractivity contribution in [2.24, 2.45) is 5.73 Å². The van der Waals surface area contributed by atoms with Crippen LogP contribution < -0.4 is 11.1 Å². The molecule has 21 heavy (non-hydrogen) atoms. The smallest absolute Gasteiger partial charge is 0.240 e. The zero-order valence-electron chi connectivity index (χ0n) is 12.5. The Bertz CT molecular complexity index is 444. The number of amides is 1. The van der Waals surface area contributed by atoms with Crippen LogP contribution in [-0.4, -0.2) is 54.7 Å². The topological polar surface area (TPSA) is 80.5 Å². The summed E-state index contributed by atoms with van der Waals surface area (Å²) in [6.45, 7) is 5.56. The fraction of sp³-hybridized carbons (Fsp3) is 0.714. The lowest BCUT2D eigenvalue weighted by molar-refractivity contribution is -0.118. The van der Waals surface area contributed by atoms with Crippen LogP contribution in [0, 0.1) is 6.92 Å². The first-order chi connectivity index (χ1) is 10.2. The van der Waals surface area contributed by atoms with E-state index in [0.717, 1.165) is 44.7 Å². The summed E-state index contributed by atoms with van der Waals surface area (Å²) in [5.74, 6) is 0.00634. The third-order valence-corrected chi connectivity index (χ3v) is 4.34. The Labute approximate surface area is 129 Å². The molecule has 1 aromatic rings. The minimum Gasteiger partial charge on any atom is -0.378 e. The van der Waals surface area contributed by atoms with Crippen LogP contribution in [0.25, 0.3) is 0 Å². The van der Waals surface area contributed by atoms with Crippen LogP contribution >= 0.6 is 11.3 Å². The molecule has 0 aromatic carbocycles. The number of piperidine rings is 1. The lowest BCUT2D eigenvalue weighted by atomic mass is 10.1. The Hall–Kier alpha value is -1.02. The molecule has 1 fully saturated rings. The maximum Gasteiger partial charge on any atom is 0.240 e. The number of carbonyl (C=O) groups excluding carboxylic acids is 1. The molecule has 6 nitrogen and oxygen atoms in total. The first-order valence-electron chi connectivity index (χ1n) is 7.43. The molecular formula is C14H24N4O2S. The van der Waals surface area contributed by atoms with Gasteiger partial charge in [0.1, 0.15) is 0 Å². The van der Waals surface area contributed by atoms with E-state index in [9.17, 15) is 4.79 Å². The van der Waals surface area contributed by atoms with Gasteiger partial charge in [-0.2, -0.15) is 0 Å². The monoisotopic (exact) mass is 312 g/mol. The van der Waals surface area contributed by atoms with Crippen molar-refractivity contribution in [1.82, 2.24) is 9.88 Å². The van der Waals surface area contributed by atoms with E-state index in [0.29, 0.717) is 24.3 Å². The summed E-state index contributed by atoms with van der Waals surface area (Å²) in [6, 6.07) is 0. The van der Waals surface area contributed by atoms with Gasteiger partial charge in [0.15, 0.2) is 5.13 Å². The number of ether oxygens (including phenoxy) is 1. The normalized spacial score (nSPS) is 17.0. The number of thiazole rings is 1. The number of aryl methyl sites for hydroxylation is 1. The van der Waals surface area contributed by atoms with Crippen LogP contribution in [0.5, 0.6) is 0 Å². The zero-order valence-corrected chi connectivity index (χ0v) is 13.3. The summed E-state index contributed by atoms with van der Waals surface area (Å²) < 4.78 is 5.76. The Morgan fingerprint density at radius 2 is 2.33 bits per heavy atom. The van der Waals surface area contributed by atoms with Gasteiger partial charge < -0.3 is 15.8 Å². The van der Waals surface area contributed by atoms with Gasteiger partial charge in [0, 0.05) is 25.1 Å². The molecule has 0 unspecified atom stereocenters. The number of carbonyl (C=O) groups is 1. The molecule has 0 bridgehead atoms. The number of likely N-dealkylation sites (tertiary alicyclic amines) is 1. The molecule has 0 aliphatic carbocycles. The maximum atomic E-state index is 12.0. The van der Waals surface area contributed by atoms with E-state index < -0.39 is 0 Å². The molecule has 0 saturated carbocycles. The van der Waals surface area contributed by atoms with Crippen LogP contribution in [0.1, 0.15) is 25.0 Å². The Kier molecular flexibility index (Phi) is 6.56. The summed E-state index contributed by atoms with van der Waals surface area (Å²) in [5, 5.41) is 5.45. The molecule has 0 atom stereocenters. The van der Waals surface area contributed by atoms with Crippen molar-refractivity contribution in [2.45, 2.75) is 32.3 Å². The van der Waals surface area contributed by atoms with Gasteiger partial charge in [-0.25, -0.2) is 4.98 Å². The summed E-state index contributed by atoms with van der Waals surface area (Å²) in [5.41, 5.74) is 6.38. The highest BCUT2D eigenvalue weighted by atomic mass is 32.1. The van der Waals surface area contributed by atoms with Crippen LogP contribution in [0.4, 0.5) is 5.13 Å². The highest BCUT2D eigenvalue weighted by molar-refractivity contribution is 7.13. The molecule has 3 N–H and O–H groups in total. The molecule has 1 aliphatic heterocycles. The molecule has 0 spiro atoms. The standard InChI is InChI=1S/C14H24N4O2S/c1-11-10-21-14(16-11)17-13(19)9-18-6-3-12(4-7-18)20-8-2-5-15/h10,12H,2-9,15H2,1H3,(H,16,17,19). The van der Waals surface area contributed by atoms with Gasteiger partial charge in [-0.3, -0.25) is 9.69 Å². The second-order valence-electron chi connectivity index (χ2n) is 5.33. The van der Waals surface area contributed by atoms with Crippen molar-refractivity contribution in [1.29, 1.82) is 0 Å². The van der Waals surface area contributed by atoms with Crippen molar-refractivity contribution in [2.75, 3.05) is 38.1 Å². The van der Waals surface area contributed by atoms with Crippen LogP contribution in [0.2, 0.25) is 0 Å². The second-order valence-corrected chi connectivity index (χ2v) is 6.19. The van der Waals surface area contributed by atoms with Crippen molar-refractivity contribution in [3.63, 3.8) is 0 Å². The van der Waals surface area contributed by atoms with Crippen molar-refractivity contribution >= 4 is 22.4 Å². The van der Waals surface area contributed by atoms with Gasteiger partial charge in [0.05, 0.1) is 18.3 Å². The molecule has 1 amide bonds. The molecule has 1 aromatic heterocycles. The maximum absolute atomic E-state index is 12.0. The molecule has 2 heterocycles. The average Bonchev–Trinajstić information content (AvgIpc) is 2.86. The summed E-state index contributed by atoms with van der Waals surface area (Å²) in [4.78, 5) is 18.4. The molecule has 2 rings (SSSR count). The number of nitrogens with one attached hydrogen (secondary N) is 1. The number of hydrogen-bond donors (Lipinski definition) is 2. The van der Waals surface area contributed by atoms with E-state index >= 15 is 0 Å². The number of hydrogen-bond acceptors (Lipinski definition) is 6. The van der Waals surface area contributed by atoms with E-state index in [2.05, 4.69) is 15.2 Å². The van der Waals surface area contributed by atoms with Gasteiger partial charge >= 0.3 is 0 Å². The summed E-state index contributed by atoms with van der Waals surface area (Å²) >= 11 is 1.46. The number of nitrogens with zero attached hydrogens (tertiary/aromatic N) is 2. The first kappa shape index (κ1) is 16.4. The Morgan fingerprint density at radius 3 is 2.95 bits per heavy atom. The SMILES string of the molecule is Cc1csc(NC(=O)CN2CCC(OCCCN)CC2)n1. The third-order valence-electron chi connectivity index (χ3n) is 3.47. The van der Waals surface area contributed by atoms with E-state index in [4.69, 9.17) is 10.5 Å². The largest absolute Gasteiger partial charge is 0.378 e. The lowest BCUT2D eigenvalue weighted by Crippen LogP contribution is -2.41. The highest BCUT2D eigenvalue weighted by Gasteiger charge is 2.21. The first-order valence-corrected chi connectivity index (χ1v) is 8.31. The van der Waals surface area contributed by atoms with Gasteiger partial charge in [0.2, 0.25) is 5.91 Å². The van der Waals surface area contributed by atoms with Gasteiger partial charge in [0.25, 0.3) is 0 Å². The molecular weight excluding hydrogens is 288 g/mol. The van der Waals surface area contributed by atoms with Crippen LogP contribution in [0.3, 0.4) is 0 Å². The van der Waals surface area contributed by atoms with Crippen LogP contribution in [-0.2, 0) is 9.53 Å². The van der Waals surface area contributed by atoms with E-state index in [1.54, 1.807) is 0 Å². The number of aromatic nitrogens is 1. The van der Waals surface area contributed by atoms with E-state index in [-0.39, 0.29) is 5.91 Å². The highest BCUT2D eigenvalue weighted by Crippen LogP contribution is 2.16. The second kappa shape index (κ2) is 8.43. The molecule has 1 aliphatic rings. The fourth-order valence-corrected chi connectivity index (χ4v) is 3.05. The van der Waals surface area contributed by atoms with Gasteiger partial charge in [-0.15, -0.1) is 11.3 Å². The Morgan fingerprint density at radius 1 is 1.57 bits per heavy atom. The number of nitrogens with two attached hydrogens (primary N) is 1. The zero-order chi connectivity index (χ0) is 15.1. The third kappa shape index (κ3) is 5.70. The molecule has 118 valence electrons. The van der Waals surface area contributed by atoms with Gasteiger partial charge in [-0.05, 0) is 32.7 Å². The minimum atomic E-state index is 0.00634. The molecule has 7 heteroatoms. The average molecular weight is 312 g/mol. The minimum absolute atomic E-state index is 0.00634. The summed E-state index contributed by atoms with van der Waals surface area (Å²) in [6.07, 6.45) is 3.19. The van der Waals surface area contributed by atoms with Crippen molar-refractivity contribution < 1.29 is 9.53 Å². The molecule has 1 saturated heterocycles. The van der Waals surface area contributed by atoms with Gasteiger partial charge in [-0.1, -0.05) is 0 Å². The Balaban J connectivity index is 1.65.